The summed E-state index contributed by atoms with van der Waals surface area (Å²) in [6.07, 6.45) is 4.60. The van der Waals surface area contributed by atoms with Gasteiger partial charge in [0.15, 0.2) is 0 Å². The lowest BCUT2D eigenvalue weighted by atomic mass is 9.82. The van der Waals surface area contributed by atoms with Crippen LogP contribution in [-0.2, 0) is 19.6 Å². The minimum atomic E-state index is -3.59. The zero-order valence-electron chi connectivity index (χ0n) is 15.7. The fourth-order valence-corrected chi connectivity index (χ4v) is 6.14. The third-order valence-electron chi connectivity index (χ3n) is 6.24. The number of carboxylic acids is 1. The first-order valence-corrected chi connectivity index (χ1v) is 11.0. The zero-order chi connectivity index (χ0) is 20.1. The van der Waals surface area contributed by atoms with Gasteiger partial charge in [0.05, 0.1) is 16.7 Å². The number of sulfonamides is 1. The predicted octanol–water partition coefficient (Wildman–Crippen LogP) is 1.35. The molecule has 1 saturated heterocycles. The molecule has 0 radical (unpaired) electrons. The molecule has 1 N–H and O–H groups in total. The third-order valence-corrected chi connectivity index (χ3v) is 8.15. The molecule has 1 saturated carbocycles. The maximum Gasteiger partial charge on any atom is 0.307 e. The molecule has 2 bridgehead atoms. The van der Waals surface area contributed by atoms with Crippen molar-refractivity contribution in [2.45, 2.75) is 18.2 Å². The fraction of sp³-hybridized carbons (Fsp3) is 0.500. The maximum absolute atomic E-state index is 13.0. The Kier molecular flexibility index (Phi) is 4.79. The van der Waals surface area contributed by atoms with Gasteiger partial charge in [-0.1, -0.05) is 29.8 Å². The highest BCUT2D eigenvalue weighted by molar-refractivity contribution is 7.89. The van der Waals surface area contributed by atoms with Crippen LogP contribution >= 0.6 is 0 Å². The number of allylic oxidation sites excluding steroid dienone is 2. The van der Waals surface area contributed by atoms with Gasteiger partial charge in [0.1, 0.15) is 0 Å². The van der Waals surface area contributed by atoms with E-state index < -0.39 is 27.8 Å². The van der Waals surface area contributed by atoms with E-state index in [-0.39, 0.29) is 48.8 Å². The van der Waals surface area contributed by atoms with E-state index in [4.69, 9.17) is 0 Å². The van der Waals surface area contributed by atoms with E-state index in [2.05, 4.69) is 0 Å². The van der Waals surface area contributed by atoms with E-state index in [0.29, 0.717) is 0 Å². The van der Waals surface area contributed by atoms with Crippen LogP contribution in [0.5, 0.6) is 0 Å². The van der Waals surface area contributed by atoms with Crippen molar-refractivity contribution < 1.29 is 23.1 Å². The second-order valence-electron chi connectivity index (χ2n) is 7.88. The molecular formula is C20H24N2O5S. The molecule has 0 aromatic heterocycles. The number of hydrogen-bond acceptors (Lipinski definition) is 4. The van der Waals surface area contributed by atoms with Crippen LogP contribution in [0.2, 0.25) is 0 Å². The van der Waals surface area contributed by atoms with E-state index in [9.17, 15) is 23.1 Å². The Balaban J connectivity index is 1.44. The van der Waals surface area contributed by atoms with Crippen LogP contribution in [-0.4, -0.2) is 60.8 Å². The van der Waals surface area contributed by atoms with E-state index in [1.54, 1.807) is 29.2 Å². The number of aryl methyl sites for hydroxylation is 1. The summed E-state index contributed by atoms with van der Waals surface area (Å²) in [5.41, 5.74) is 0.988. The van der Waals surface area contributed by atoms with Gasteiger partial charge in [0, 0.05) is 26.2 Å². The Hall–Kier alpha value is -2.19. The van der Waals surface area contributed by atoms with Crippen molar-refractivity contribution in [2.24, 2.45) is 23.7 Å². The number of carboxylic acid groups (broad SMARTS) is 1. The van der Waals surface area contributed by atoms with Crippen LogP contribution < -0.4 is 0 Å². The van der Waals surface area contributed by atoms with Crippen molar-refractivity contribution in [3.8, 4) is 0 Å². The molecule has 1 aromatic carbocycles. The van der Waals surface area contributed by atoms with Crippen molar-refractivity contribution in [2.75, 3.05) is 26.2 Å². The van der Waals surface area contributed by atoms with Gasteiger partial charge >= 0.3 is 5.97 Å². The minimum absolute atomic E-state index is 0.0204. The molecule has 1 aliphatic heterocycles. The molecule has 4 rings (SSSR count). The predicted molar refractivity (Wildman–Crippen MR) is 102 cm³/mol. The van der Waals surface area contributed by atoms with Crippen molar-refractivity contribution in [1.29, 1.82) is 0 Å². The molecule has 1 aromatic rings. The van der Waals surface area contributed by atoms with Gasteiger partial charge in [-0.2, -0.15) is 4.31 Å². The van der Waals surface area contributed by atoms with Crippen molar-refractivity contribution in [1.82, 2.24) is 9.21 Å². The second kappa shape index (κ2) is 7.00. The van der Waals surface area contributed by atoms with Crippen LogP contribution in [0, 0.1) is 30.6 Å². The summed E-state index contributed by atoms with van der Waals surface area (Å²) >= 11 is 0. The molecule has 0 spiro atoms. The molecular weight excluding hydrogens is 380 g/mol. The number of carbonyl (C=O) groups excluding carboxylic acids is 1. The van der Waals surface area contributed by atoms with Crippen LogP contribution in [0.1, 0.15) is 12.0 Å². The molecule has 28 heavy (non-hydrogen) atoms. The van der Waals surface area contributed by atoms with Gasteiger partial charge in [-0.05, 0) is 37.3 Å². The summed E-state index contributed by atoms with van der Waals surface area (Å²) in [6, 6.07) is 6.73. The maximum atomic E-state index is 13.0. The first kappa shape index (κ1) is 19.1. The third kappa shape index (κ3) is 3.14. The topological polar surface area (TPSA) is 95.0 Å². The van der Waals surface area contributed by atoms with E-state index >= 15 is 0 Å². The van der Waals surface area contributed by atoms with E-state index in [0.717, 1.165) is 12.0 Å². The number of rotatable bonds is 4. The molecule has 4 atom stereocenters. The Bertz CT molecular complexity index is 916. The van der Waals surface area contributed by atoms with Gasteiger partial charge in [-0.15, -0.1) is 0 Å². The number of benzene rings is 1. The first-order chi connectivity index (χ1) is 13.3. The first-order valence-electron chi connectivity index (χ1n) is 9.56. The van der Waals surface area contributed by atoms with E-state index in [1.807, 2.05) is 19.1 Å². The number of amides is 1. The highest BCUT2D eigenvalue weighted by Gasteiger charge is 2.52. The lowest BCUT2D eigenvalue weighted by molar-refractivity contribution is -0.151. The number of carbonyl (C=O) groups is 2. The number of aliphatic carboxylic acids is 1. The van der Waals surface area contributed by atoms with Gasteiger partial charge in [0.2, 0.25) is 15.9 Å². The Morgan fingerprint density at radius 1 is 0.964 bits per heavy atom. The van der Waals surface area contributed by atoms with Gasteiger partial charge in [0.25, 0.3) is 0 Å². The molecule has 3 aliphatic rings. The van der Waals surface area contributed by atoms with Crippen LogP contribution in [0.15, 0.2) is 41.3 Å². The zero-order valence-corrected chi connectivity index (χ0v) is 16.5. The molecule has 1 amide bonds. The van der Waals surface area contributed by atoms with Gasteiger partial charge in [-0.3, -0.25) is 9.59 Å². The average molecular weight is 404 g/mol. The second-order valence-corrected chi connectivity index (χ2v) is 9.82. The smallest absolute Gasteiger partial charge is 0.307 e. The molecule has 0 unspecified atom stereocenters. The highest BCUT2D eigenvalue weighted by Crippen LogP contribution is 2.48. The van der Waals surface area contributed by atoms with Crippen LogP contribution in [0.25, 0.3) is 0 Å². The summed E-state index contributed by atoms with van der Waals surface area (Å²) in [7, 11) is -3.59. The van der Waals surface area contributed by atoms with Crippen molar-refractivity contribution in [3.05, 3.63) is 42.0 Å². The Labute approximate surface area is 164 Å². The molecule has 150 valence electrons. The van der Waals surface area contributed by atoms with Crippen LogP contribution in [0.3, 0.4) is 0 Å². The summed E-state index contributed by atoms with van der Waals surface area (Å²) in [4.78, 5) is 26.6. The molecule has 2 fully saturated rings. The standard InChI is InChI=1S/C20H24N2O5S/c1-13-2-6-16(7-3-13)28(26,27)22-10-8-21(9-11-22)19(23)17-14-4-5-15(12-14)18(17)20(24)25/h2-7,14-15,17-18H,8-12H2,1H3,(H,24,25)/t14-,15-,17-,18-/m0/s1. The number of hydrogen-bond donors (Lipinski definition) is 1. The quantitative estimate of drug-likeness (QED) is 0.765. The van der Waals surface area contributed by atoms with Crippen LogP contribution in [0.4, 0.5) is 0 Å². The SMILES string of the molecule is Cc1ccc(S(=O)(=O)N2CCN(C(=O)[C@@H]3[C@@H](C(=O)O)[C@H]4C=C[C@H]3C4)CC2)cc1. The minimum Gasteiger partial charge on any atom is -0.481 e. The lowest BCUT2D eigenvalue weighted by Crippen LogP contribution is -2.53. The highest BCUT2D eigenvalue weighted by atomic mass is 32.2. The fourth-order valence-electron chi connectivity index (χ4n) is 4.71. The van der Waals surface area contributed by atoms with Crippen molar-refractivity contribution in [3.63, 3.8) is 0 Å². The summed E-state index contributed by atoms with van der Waals surface area (Å²) < 4.78 is 27.0. The lowest BCUT2D eigenvalue weighted by Gasteiger charge is -2.37. The van der Waals surface area contributed by atoms with Crippen molar-refractivity contribution >= 4 is 21.9 Å². The van der Waals surface area contributed by atoms with E-state index in [1.165, 1.54) is 4.31 Å². The normalized spacial score (nSPS) is 30.0. The largest absolute Gasteiger partial charge is 0.481 e. The number of fused-ring (bicyclic) bond motifs is 2. The number of piperazine rings is 1. The summed E-state index contributed by atoms with van der Waals surface area (Å²) in [5.74, 6) is -2.37. The monoisotopic (exact) mass is 404 g/mol. The summed E-state index contributed by atoms with van der Waals surface area (Å²) in [6.45, 7) is 2.91. The average Bonchev–Trinajstić information content (AvgIpc) is 3.29. The number of nitrogens with zero attached hydrogens (tertiary/aromatic N) is 2. The van der Waals surface area contributed by atoms with Gasteiger partial charge < -0.3 is 10.0 Å². The Morgan fingerprint density at radius 2 is 1.54 bits per heavy atom. The Morgan fingerprint density at radius 3 is 2.11 bits per heavy atom. The summed E-state index contributed by atoms with van der Waals surface area (Å²) in [5, 5.41) is 9.56. The molecule has 1 heterocycles. The molecule has 8 heteroatoms. The van der Waals surface area contributed by atoms with Gasteiger partial charge in [-0.25, -0.2) is 8.42 Å². The molecule has 7 nitrogen and oxygen atoms in total. The molecule has 2 aliphatic carbocycles.